The van der Waals surface area contributed by atoms with Crippen LogP contribution in [0.5, 0.6) is 0 Å². The molecule has 16 rings (SSSR count). The molecule has 95 heavy (non-hydrogen) atoms. The van der Waals surface area contributed by atoms with E-state index in [1.165, 1.54) is 21.1 Å². The number of fused-ring (bicyclic) bond motifs is 8. The number of halogens is 1. The molecule has 14 aromatic rings. The highest BCUT2D eigenvalue weighted by molar-refractivity contribution is 6.89. The van der Waals surface area contributed by atoms with Crippen LogP contribution in [0.3, 0.4) is 0 Å². The first-order valence-corrected chi connectivity index (χ1v) is 39.2. The number of allylic oxidation sites excluding steroid dienone is 2. The molecule has 0 saturated heterocycles. The number of aromatic nitrogens is 4. The Labute approximate surface area is 554 Å². The van der Waals surface area contributed by atoms with Crippen molar-refractivity contribution in [3.63, 3.8) is 0 Å². The molecule has 0 bridgehead atoms. The number of anilines is 6. The third kappa shape index (κ3) is 9.97. The molecule has 10 aromatic carbocycles. The van der Waals surface area contributed by atoms with Crippen LogP contribution in [0.2, 0.25) is 39.3 Å². The summed E-state index contributed by atoms with van der Waals surface area (Å²) in [4.78, 5) is 14.7. The number of rotatable bonds is 12. The zero-order chi connectivity index (χ0) is 65.2. The van der Waals surface area contributed by atoms with Gasteiger partial charge in [0.25, 0.3) is 0 Å². The topological polar surface area (TPSA) is 96.4 Å². The molecule has 0 amide bonds. The minimum atomic E-state index is -1.63. The fourth-order valence-corrected chi connectivity index (χ4v) is 16.4. The Bertz CT molecular complexity index is 5730. The normalized spacial score (nSPS) is 12.9. The largest absolute Gasteiger partial charge is 0.727 e. The first-order chi connectivity index (χ1) is 46.0. The highest BCUT2D eigenvalue weighted by atomic mass is 28.3. The summed E-state index contributed by atoms with van der Waals surface area (Å²) in [6.45, 7) is 18.3. The van der Waals surface area contributed by atoms with Crippen molar-refractivity contribution in [3.8, 4) is 34.4 Å². The average Bonchev–Trinajstić information content (AvgIpc) is 1.59. The lowest BCUT2D eigenvalue weighted by Crippen LogP contribution is -2.58. The molecular formula is C80H64B2FN10Si2+2. The maximum Gasteiger partial charge on any atom is 0.727 e. The van der Waals surface area contributed by atoms with E-state index in [-0.39, 0.29) is 0 Å². The minimum Gasteiger partial charge on any atom is -0.310 e. The molecule has 453 valence electrons. The third-order valence-electron chi connectivity index (χ3n) is 19.1. The molecule has 0 saturated carbocycles. The van der Waals surface area contributed by atoms with Gasteiger partial charge in [-0.05, 0) is 177 Å². The molecule has 0 aliphatic carbocycles. The number of hydrogen-bond acceptors (Lipinski definition) is 6. The highest BCUT2D eigenvalue weighted by Gasteiger charge is 2.40. The molecule has 10 nitrogen and oxygen atoms in total. The molecule has 0 N–H and O–H groups in total. The summed E-state index contributed by atoms with van der Waals surface area (Å²) in [6.07, 6.45) is 4.01. The van der Waals surface area contributed by atoms with Crippen molar-refractivity contribution in [3.05, 3.63) is 276 Å². The molecule has 4 aromatic heterocycles. The predicted molar refractivity (Wildman–Crippen MR) is 393 cm³/mol. The summed E-state index contributed by atoms with van der Waals surface area (Å²) < 4.78 is 24.6. The SMILES string of the molecule is Cc1cc(/C(C#N)=C(\C#N)c2ccc(N(c3ccc(-c4ccc5[n+](c4)B(F)n4c(c6cccc7cccc4c76)=N5)cc3)c3ccc([Si](C)(C)C)cc3)c(C)c2)ccc1N(c1ccc(-c2ccc3[n+](c2)[B]n2c(c4cccc5cccc2c54)=N3)cc1)c1ccc([Si](C)(C)C)cc1. The standard InChI is InChI=1S/C80H64B2FN10Si2/c1-51-45-57(25-41-71(51)90(63-33-37-65(38-34-63)94(3,4)5)61-29-21-53(22-30-61)59-27-43-75-86-79-67-17-9-13-55-15-11-19-73(77(55)67)92(79)81-88(75)49-59)69(47-84)70(48-85)58-26-42-72(52(2)46-58)91(64-35-39-66(40-36-64)95(6,7)8)62-31-23-54(24-32-62)60-28-44-76-87-80-68-18-10-14-56-16-12-20-74(78(56)68)93(80)82(83)89(76)50-60/h9-46,49-50H,1-8H3/q+2/b70-69+. The summed E-state index contributed by atoms with van der Waals surface area (Å²) in [5, 5.41) is 31.5. The Morgan fingerprint density at radius 3 is 1.38 bits per heavy atom. The molecule has 0 fully saturated rings. The third-order valence-corrected chi connectivity index (χ3v) is 23.2. The molecular weight excluding hydrogens is 1200 g/mol. The van der Waals surface area contributed by atoms with Crippen LogP contribution < -0.4 is 40.1 Å². The second kappa shape index (κ2) is 22.5. The van der Waals surface area contributed by atoms with Gasteiger partial charge >= 0.3 is 26.4 Å². The van der Waals surface area contributed by atoms with Gasteiger partial charge < -0.3 is 14.3 Å². The first-order valence-electron chi connectivity index (χ1n) is 32.2. The van der Waals surface area contributed by atoms with Crippen molar-refractivity contribution in [2.75, 3.05) is 9.80 Å². The van der Waals surface area contributed by atoms with Crippen molar-refractivity contribution >= 4 is 142 Å². The summed E-state index contributed by atoms with van der Waals surface area (Å²) in [5.41, 5.74) is 16.9. The first kappa shape index (κ1) is 58.8. The maximum absolute atomic E-state index is 17.0. The molecule has 0 atom stereocenters. The van der Waals surface area contributed by atoms with Gasteiger partial charge in [-0.2, -0.15) is 10.5 Å². The Balaban J connectivity index is 0.710. The molecule has 0 unspecified atom stereocenters. The number of aryl methyl sites for hydroxylation is 2. The molecule has 2 aliphatic heterocycles. The molecule has 1 radical (unpaired) electrons. The van der Waals surface area contributed by atoms with Gasteiger partial charge in [-0.1, -0.05) is 159 Å². The Hall–Kier alpha value is -11.2. The smallest absolute Gasteiger partial charge is 0.310 e. The minimum absolute atomic E-state index is 0.291. The Kier molecular flexibility index (Phi) is 13.9. The van der Waals surface area contributed by atoms with Crippen molar-refractivity contribution in [2.45, 2.75) is 53.1 Å². The van der Waals surface area contributed by atoms with E-state index < -0.39 is 23.4 Å². The number of nitrogens with zero attached hydrogens (tertiary/aromatic N) is 10. The van der Waals surface area contributed by atoms with Crippen LogP contribution >= 0.6 is 0 Å². The molecule has 6 heterocycles. The van der Waals surface area contributed by atoms with E-state index >= 15 is 4.32 Å². The summed E-state index contributed by atoms with van der Waals surface area (Å²) in [5.74, 6) is 1.41. The number of benzene rings is 10. The van der Waals surface area contributed by atoms with E-state index in [9.17, 15) is 10.5 Å². The lowest BCUT2D eigenvalue weighted by atomic mass is 9.93. The van der Waals surface area contributed by atoms with Crippen LogP contribution in [0.25, 0.3) is 76.8 Å². The number of hydrogen-bond donors (Lipinski definition) is 0. The predicted octanol–water partition coefficient (Wildman–Crippen LogP) is 16.7. The van der Waals surface area contributed by atoms with Gasteiger partial charge in [-0.15, -0.1) is 0 Å². The van der Waals surface area contributed by atoms with Crippen LogP contribution in [0, 0.1) is 36.5 Å². The van der Waals surface area contributed by atoms with Crippen molar-refractivity contribution in [2.24, 2.45) is 9.98 Å². The van der Waals surface area contributed by atoms with Crippen LogP contribution in [0.1, 0.15) is 22.3 Å². The van der Waals surface area contributed by atoms with Crippen LogP contribution in [0.15, 0.2) is 253 Å². The van der Waals surface area contributed by atoms with Crippen molar-refractivity contribution in [1.82, 2.24) is 8.96 Å². The van der Waals surface area contributed by atoms with Gasteiger partial charge in [0.15, 0.2) is 0 Å². The van der Waals surface area contributed by atoms with Crippen LogP contribution in [-0.4, -0.2) is 39.9 Å². The van der Waals surface area contributed by atoms with E-state index in [1.54, 1.807) is 8.96 Å². The second-order valence-corrected chi connectivity index (χ2v) is 37.3. The van der Waals surface area contributed by atoms with E-state index in [0.717, 1.165) is 111 Å². The fourth-order valence-electron chi connectivity index (χ4n) is 14.1. The van der Waals surface area contributed by atoms with Crippen LogP contribution in [0.4, 0.5) is 50.1 Å². The highest BCUT2D eigenvalue weighted by Crippen LogP contribution is 2.42. The van der Waals surface area contributed by atoms with E-state index in [2.05, 4.69) is 268 Å². The fraction of sp³-hybridized carbons (Fsp3) is 0.100. The molecule has 2 aliphatic rings. The zero-order valence-electron chi connectivity index (χ0n) is 54.1. The molecule has 15 heteroatoms. The number of nitriles is 2. The lowest BCUT2D eigenvalue weighted by Gasteiger charge is -2.28. The van der Waals surface area contributed by atoms with Gasteiger partial charge in [0.05, 0.1) is 50.5 Å². The number of pyridine rings is 2. The monoisotopic (exact) mass is 1260 g/mol. The van der Waals surface area contributed by atoms with Gasteiger partial charge in [-0.3, -0.25) is 13.3 Å². The van der Waals surface area contributed by atoms with Gasteiger partial charge in [0, 0.05) is 79.2 Å². The Morgan fingerprint density at radius 2 is 0.895 bits per heavy atom. The summed E-state index contributed by atoms with van der Waals surface area (Å²) >= 11 is 0. The second-order valence-electron chi connectivity index (χ2n) is 27.1. The van der Waals surface area contributed by atoms with Gasteiger partial charge in [0.1, 0.15) is 12.1 Å². The Morgan fingerprint density at radius 1 is 0.474 bits per heavy atom. The van der Waals surface area contributed by atoms with Gasteiger partial charge in [-0.25, -0.2) is 4.48 Å². The van der Waals surface area contributed by atoms with Crippen LogP contribution in [-0.2, 0) is 0 Å². The van der Waals surface area contributed by atoms with Gasteiger partial charge in [0.2, 0.25) is 11.0 Å². The average molecular weight is 1260 g/mol. The van der Waals surface area contributed by atoms with E-state index in [1.807, 2.05) is 66.9 Å². The summed E-state index contributed by atoms with van der Waals surface area (Å²) in [6, 6.07) is 85.0. The van der Waals surface area contributed by atoms with Crippen molar-refractivity contribution < 1.29 is 13.3 Å². The summed E-state index contributed by atoms with van der Waals surface area (Å²) in [7, 11) is -2.60. The zero-order valence-corrected chi connectivity index (χ0v) is 56.1. The maximum atomic E-state index is 17.0. The molecule has 0 spiro atoms. The quantitative estimate of drug-likeness (QED) is 0.0691. The lowest BCUT2D eigenvalue weighted by molar-refractivity contribution is -0.535. The van der Waals surface area contributed by atoms with E-state index in [4.69, 9.17) is 9.98 Å². The van der Waals surface area contributed by atoms with E-state index in [0.29, 0.717) is 33.6 Å². The van der Waals surface area contributed by atoms with Crippen molar-refractivity contribution in [1.29, 1.82) is 10.5 Å².